The average Bonchev–Trinajstić information content (AvgIpc) is 2.98. The number of carbonyl (C=O) groups excluding carboxylic acids is 3. The number of carbonyl (C=O) groups is 3. The number of imide groups is 1. The standard InChI is InChI=1S/C24H24N2O3/c1-15-11-12-20-21(13-15)24(29)26(23(20)28)19-10-6-9-18(14-19)22(27)25-16(2)17-7-4-3-5-8-17/h3-11,14,16,20-21H,12-13H2,1-2H3,(H,25,27)/t16-,20+,21+/m1/s1. The van der Waals surface area contributed by atoms with Crippen molar-refractivity contribution in [1.29, 1.82) is 0 Å². The first kappa shape index (κ1) is 19.1. The topological polar surface area (TPSA) is 66.5 Å². The summed E-state index contributed by atoms with van der Waals surface area (Å²) in [6, 6.07) is 16.3. The lowest BCUT2D eigenvalue weighted by atomic mass is 9.82. The summed E-state index contributed by atoms with van der Waals surface area (Å²) in [7, 11) is 0. The molecule has 1 N–H and O–H groups in total. The lowest BCUT2D eigenvalue weighted by Crippen LogP contribution is -2.31. The van der Waals surface area contributed by atoms with Gasteiger partial charge in [0.2, 0.25) is 11.8 Å². The van der Waals surface area contributed by atoms with E-state index in [2.05, 4.69) is 5.32 Å². The predicted octanol–water partition coefficient (Wildman–Crippen LogP) is 4.02. The maximum absolute atomic E-state index is 12.9. The smallest absolute Gasteiger partial charge is 0.251 e. The Kier molecular flexibility index (Phi) is 5.05. The highest BCUT2D eigenvalue weighted by molar-refractivity contribution is 6.22. The number of rotatable bonds is 4. The molecule has 0 radical (unpaired) electrons. The molecule has 2 aliphatic rings. The normalized spacial score (nSPS) is 22.1. The van der Waals surface area contributed by atoms with Gasteiger partial charge in [-0.3, -0.25) is 19.3 Å². The quantitative estimate of drug-likeness (QED) is 0.635. The zero-order chi connectivity index (χ0) is 20.5. The summed E-state index contributed by atoms with van der Waals surface area (Å²) >= 11 is 0. The molecule has 148 valence electrons. The van der Waals surface area contributed by atoms with Crippen LogP contribution in [0.2, 0.25) is 0 Å². The van der Waals surface area contributed by atoms with Crippen molar-refractivity contribution in [2.45, 2.75) is 32.7 Å². The second-order valence-corrected chi connectivity index (χ2v) is 7.87. The molecule has 0 aromatic heterocycles. The van der Waals surface area contributed by atoms with Crippen LogP contribution in [0.1, 0.15) is 48.7 Å². The first-order valence-electron chi connectivity index (χ1n) is 9.95. The van der Waals surface area contributed by atoms with E-state index in [0.717, 1.165) is 11.1 Å². The highest BCUT2D eigenvalue weighted by Gasteiger charge is 2.48. The van der Waals surface area contributed by atoms with Crippen molar-refractivity contribution in [1.82, 2.24) is 5.32 Å². The number of nitrogens with one attached hydrogen (secondary N) is 1. The van der Waals surface area contributed by atoms with Gasteiger partial charge in [0.25, 0.3) is 5.91 Å². The van der Waals surface area contributed by atoms with Crippen LogP contribution in [0.25, 0.3) is 0 Å². The zero-order valence-electron chi connectivity index (χ0n) is 16.6. The van der Waals surface area contributed by atoms with Crippen LogP contribution >= 0.6 is 0 Å². The third-order valence-corrected chi connectivity index (χ3v) is 5.84. The van der Waals surface area contributed by atoms with E-state index in [1.54, 1.807) is 24.3 Å². The molecule has 0 spiro atoms. The van der Waals surface area contributed by atoms with Crippen molar-refractivity contribution in [3.8, 4) is 0 Å². The lowest BCUT2D eigenvalue weighted by Gasteiger charge is -2.19. The summed E-state index contributed by atoms with van der Waals surface area (Å²) in [6.07, 6.45) is 3.28. The van der Waals surface area contributed by atoms with Crippen molar-refractivity contribution < 1.29 is 14.4 Å². The van der Waals surface area contributed by atoms with Crippen LogP contribution in [0, 0.1) is 11.8 Å². The molecule has 2 aromatic carbocycles. The summed E-state index contributed by atoms with van der Waals surface area (Å²) < 4.78 is 0. The SMILES string of the molecule is CC1=CC[C@@H]2C(=O)N(c3cccc(C(=O)N[C@H](C)c4ccccc4)c3)C(=O)[C@H]2C1. The molecule has 1 saturated heterocycles. The van der Waals surface area contributed by atoms with Crippen LogP contribution in [0.4, 0.5) is 5.69 Å². The molecule has 29 heavy (non-hydrogen) atoms. The first-order valence-corrected chi connectivity index (χ1v) is 9.95. The van der Waals surface area contributed by atoms with E-state index in [4.69, 9.17) is 0 Å². The van der Waals surface area contributed by atoms with Crippen LogP contribution in [0.3, 0.4) is 0 Å². The lowest BCUT2D eigenvalue weighted by molar-refractivity contribution is -0.122. The van der Waals surface area contributed by atoms with Crippen molar-refractivity contribution >= 4 is 23.4 Å². The minimum absolute atomic E-state index is 0.153. The maximum Gasteiger partial charge on any atom is 0.251 e. The first-order chi connectivity index (χ1) is 14.0. The number of nitrogens with zero attached hydrogens (tertiary/aromatic N) is 1. The second kappa shape index (κ2) is 7.66. The van der Waals surface area contributed by atoms with E-state index in [9.17, 15) is 14.4 Å². The summed E-state index contributed by atoms with van der Waals surface area (Å²) in [5.41, 5.74) is 3.05. The van der Waals surface area contributed by atoms with Gasteiger partial charge in [0.05, 0.1) is 23.6 Å². The van der Waals surface area contributed by atoms with Gasteiger partial charge in [0.1, 0.15) is 0 Å². The molecule has 4 rings (SSSR count). The minimum Gasteiger partial charge on any atom is -0.346 e. The number of benzene rings is 2. The average molecular weight is 388 g/mol. The van der Waals surface area contributed by atoms with Gasteiger partial charge in [0, 0.05) is 5.56 Å². The van der Waals surface area contributed by atoms with Gasteiger partial charge in [0.15, 0.2) is 0 Å². The van der Waals surface area contributed by atoms with Crippen molar-refractivity contribution in [2.24, 2.45) is 11.8 Å². The van der Waals surface area contributed by atoms with Crippen LogP contribution in [-0.4, -0.2) is 17.7 Å². The summed E-state index contributed by atoms with van der Waals surface area (Å²) in [6.45, 7) is 3.92. The number of hydrogen-bond acceptors (Lipinski definition) is 3. The van der Waals surface area contributed by atoms with Gasteiger partial charge in [-0.05, 0) is 50.5 Å². The Labute approximate surface area is 170 Å². The number of fused-ring (bicyclic) bond motifs is 1. The number of anilines is 1. The summed E-state index contributed by atoms with van der Waals surface area (Å²) in [5, 5.41) is 2.97. The molecule has 0 unspecified atom stereocenters. The Bertz CT molecular complexity index is 996. The molecule has 0 saturated carbocycles. The van der Waals surface area contributed by atoms with Gasteiger partial charge in [-0.25, -0.2) is 0 Å². The van der Waals surface area contributed by atoms with Gasteiger partial charge in [-0.15, -0.1) is 0 Å². The van der Waals surface area contributed by atoms with Gasteiger partial charge < -0.3 is 5.32 Å². The molecule has 1 aliphatic carbocycles. The van der Waals surface area contributed by atoms with Crippen LogP contribution < -0.4 is 10.2 Å². The predicted molar refractivity (Wildman–Crippen MR) is 111 cm³/mol. The van der Waals surface area contributed by atoms with Crippen molar-refractivity contribution in [3.05, 3.63) is 77.4 Å². The summed E-state index contributed by atoms with van der Waals surface area (Å²) in [5.74, 6) is -1.15. The minimum atomic E-state index is -0.290. The van der Waals surface area contributed by atoms with Crippen molar-refractivity contribution in [3.63, 3.8) is 0 Å². The van der Waals surface area contributed by atoms with Gasteiger partial charge in [-0.2, -0.15) is 0 Å². The van der Waals surface area contributed by atoms with E-state index in [1.807, 2.05) is 50.3 Å². The van der Waals surface area contributed by atoms with Gasteiger partial charge >= 0.3 is 0 Å². The number of hydrogen-bond donors (Lipinski definition) is 1. The fraction of sp³-hybridized carbons (Fsp3) is 0.292. The van der Waals surface area contributed by atoms with E-state index in [1.165, 1.54) is 4.90 Å². The molecule has 5 heteroatoms. The highest BCUT2D eigenvalue weighted by atomic mass is 16.2. The maximum atomic E-state index is 12.9. The second-order valence-electron chi connectivity index (χ2n) is 7.87. The monoisotopic (exact) mass is 388 g/mol. The van der Waals surface area contributed by atoms with Crippen LogP contribution in [-0.2, 0) is 9.59 Å². The van der Waals surface area contributed by atoms with Crippen molar-refractivity contribution in [2.75, 3.05) is 4.90 Å². The molecule has 2 aromatic rings. The van der Waals surface area contributed by atoms with Crippen LogP contribution in [0.15, 0.2) is 66.2 Å². The Morgan fingerprint density at radius 1 is 1.03 bits per heavy atom. The van der Waals surface area contributed by atoms with E-state index >= 15 is 0 Å². The fourth-order valence-electron chi connectivity index (χ4n) is 4.18. The van der Waals surface area contributed by atoms with E-state index < -0.39 is 0 Å². The third kappa shape index (κ3) is 3.60. The van der Waals surface area contributed by atoms with E-state index in [-0.39, 0.29) is 35.6 Å². The molecule has 1 heterocycles. The third-order valence-electron chi connectivity index (χ3n) is 5.84. The molecule has 3 amide bonds. The van der Waals surface area contributed by atoms with Crippen LogP contribution in [0.5, 0.6) is 0 Å². The molecular weight excluding hydrogens is 364 g/mol. The molecule has 1 aliphatic heterocycles. The molecule has 5 nitrogen and oxygen atoms in total. The molecular formula is C24H24N2O3. The fourth-order valence-corrected chi connectivity index (χ4v) is 4.18. The van der Waals surface area contributed by atoms with Gasteiger partial charge in [-0.1, -0.05) is 48.0 Å². The van der Waals surface area contributed by atoms with E-state index in [0.29, 0.717) is 24.1 Å². The molecule has 1 fully saturated rings. The molecule has 3 atom stereocenters. The Morgan fingerprint density at radius 2 is 1.76 bits per heavy atom. The highest BCUT2D eigenvalue weighted by Crippen LogP contribution is 2.39. The Hall–Kier alpha value is -3.21. The Morgan fingerprint density at radius 3 is 2.52 bits per heavy atom. The number of amides is 3. The number of allylic oxidation sites excluding steroid dienone is 2. The summed E-state index contributed by atoms with van der Waals surface area (Å²) in [4.78, 5) is 39.8. The Balaban J connectivity index is 1.54. The largest absolute Gasteiger partial charge is 0.346 e. The zero-order valence-corrected chi connectivity index (χ0v) is 16.6. The molecule has 0 bridgehead atoms.